The van der Waals surface area contributed by atoms with E-state index >= 15 is 0 Å². The highest BCUT2D eigenvalue weighted by atomic mass is 16.4. The van der Waals surface area contributed by atoms with Crippen molar-refractivity contribution in [3.63, 3.8) is 0 Å². The lowest BCUT2D eigenvalue weighted by molar-refractivity contribution is 0.0988. The Labute approximate surface area is 94.0 Å². The molecule has 0 amide bonds. The number of anilines is 1. The first-order valence-corrected chi connectivity index (χ1v) is 5.38. The Morgan fingerprint density at radius 1 is 1.50 bits per heavy atom. The molecule has 0 spiro atoms. The molecule has 2 rings (SSSR count). The minimum Gasteiger partial charge on any atom is -0.409 e. The molecule has 0 bridgehead atoms. The second kappa shape index (κ2) is 4.35. The Bertz CT molecular complexity index is 452. The molecule has 1 aliphatic heterocycles. The van der Waals surface area contributed by atoms with E-state index in [0.717, 1.165) is 23.2 Å². The van der Waals surface area contributed by atoms with E-state index in [9.17, 15) is 4.79 Å². The number of nitrogens with zero attached hydrogens (tertiary/aromatic N) is 1. The Kier molecular flexibility index (Phi) is 2.90. The Morgan fingerprint density at radius 3 is 3.00 bits per heavy atom. The number of benzene rings is 1. The second-order valence-corrected chi connectivity index (χ2v) is 3.82. The predicted molar refractivity (Wildman–Crippen MR) is 62.2 cm³/mol. The van der Waals surface area contributed by atoms with E-state index < -0.39 is 0 Å². The first kappa shape index (κ1) is 10.7. The summed E-state index contributed by atoms with van der Waals surface area (Å²) in [5.74, 6) is 0.728. The maximum Gasteiger partial charge on any atom is 0.162 e. The number of amidine groups is 1. The van der Waals surface area contributed by atoms with Crippen molar-refractivity contribution in [2.24, 2.45) is 5.16 Å². The Balaban J connectivity index is 2.31. The van der Waals surface area contributed by atoms with Gasteiger partial charge in [0.05, 0.1) is 0 Å². The van der Waals surface area contributed by atoms with Crippen LogP contribution in [-0.4, -0.2) is 16.8 Å². The van der Waals surface area contributed by atoms with Crippen molar-refractivity contribution >= 4 is 17.3 Å². The molecule has 0 aromatic heterocycles. The van der Waals surface area contributed by atoms with Gasteiger partial charge in [0.2, 0.25) is 0 Å². The van der Waals surface area contributed by atoms with E-state index in [1.165, 1.54) is 0 Å². The monoisotopic (exact) mass is 218 g/mol. The summed E-state index contributed by atoms with van der Waals surface area (Å²) in [5.41, 5.74) is 2.78. The van der Waals surface area contributed by atoms with Gasteiger partial charge in [-0.05, 0) is 30.2 Å². The quantitative estimate of drug-likeness (QED) is 0.455. The standard InChI is InChI=1S/C12H14N2O2/c1-2-11(15)9-3-5-10-8(7-9)4-6-12(13-10)14-16/h3,5,7,16H,2,4,6H2,1H3,(H,13,14). The Hall–Kier alpha value is -1.84. The number of aryl methyl sites for hydroxylation is 1. The fourth-order valence-electron chi connectivity index (χ4n) is 1.85. The largest absolute Gasteiger partial charge is 0.409 e. The molecule has 0 saturated heterocycles. The molecule has 2 N–H and O–H groups in total. The normalized spacial score (nSPS) is 16.7. The van der Waals surface area contributed by atoms with Gasteiger partial charge in [-0.15, -0.1) is 0 Å². The van der Waals surface area contributed by atoms with Gasteiger partial charge in [-0.3, -0.25) is 4.79 Å². The number of carbonyl (C=O) groups is 1. The SMILES string of the molecule is CCC(=O)c1ccc2c(c1)CC/C(=N\O)N2. The van der Waals surface area contributed by atoms with Crippen LogP contribution in [0.15, 0.2) is 23.4 Å². The summed E-state index contributed by atoms with van der Waals surface area (Å²) >= 11 is 0. The predicted octanol–water partition coefficient (Wildman–Crippen LogP) is 2.43. The summed E-state index contributed by atoms with van der Waals surface area (Å²) in [4.78, 5) is 11.5. The third kappa shape index (κ3) is 1.91. The van der Waals surface area contributed by atoms with Crippen molar-refractivity contribution < 1.29 is 10.0 Å². The zero-order chi connectivity index (χ0) is 11.5. The lowest BCUT2D eigenvalue weighted by atomic mass is 9.98. The molecule has 1 aliphatic rings. The fraction of sp³-hybridized carbons (Fsp3) is 0.333. The summed E-state index contributed by atoms with van der Waals surface area (Å²) in [5, 5.41) is 14.8. The number of hydrogen-bond acceptors (Lipinski definition) is 3. The topological polar surface area (TPSA) is 61.7 Å². The third-order valence-corrected chi connectivity index (χ3v) is 2.78. The summed E-state index contributed by atoms with van der Waals surface area (Å²) < 4.78 is 0. The van der Waals surface area contributed by atoms with Gasteiger partial charge in [0, 0.05) is 24.1 Å². The molecule has 0 fully saturated rings. The lowest BCUT2D eigenvalue weighted by Gasteiger charge is -2.19. The minimum atomic E-state index is 0.157. The van der Waals surface area contributed by atoms with Crippen molar-refractivity contribution in [3.8, 4) is 0 Å². The fourth-order valence-corrected chi connectivity index (χ4v) is 1.85. The number of fused-ring (bicyclic) bond motifs is 1. The summed E-state index contributed by atoms with van der Waals surface area (Å²) in [6, 6.07) is 5.59. The molecular weight excluding hydrogens is 204 g/mol. The molecule has 1 aromatic carbocycles. The van der Waals surface area contributed by atoms with Crippen LogP contribution in [0.1, 0.15) is 35.7 Å². The molecule has 0 unspecified atom stereocenters. The van der Waals surface area contributed by atoms with Crippen molar-refractivity contribution in [2.75, 3.05) is 5.32 Å². The van der Waals surface area contributed by atoms with Crippen LogP contribution in [0, 0.1) is 0 Å². The maximum absolute atomic E-state index is 11.5. The van der Waals surface area contributed by atoms with Crippen molar-refractivity contribution in [2.45, 2.75) is 26.2 Å². The van der Waals surface area contributed by atoms with Crippen LogP contribution in [0.25, 0.3) is 0 Å². The molecule has 4 heteroatoms. The second-order valence-electron chi connectivity index (χ2n) is 3.82. The molecule has 84 valence electrons. The van der Waals surface area contributed by atoms with Crippen LogP contribution in [0.4, 0.5) is 5.69 Å². The van der Waals surface area contributed by atoms with E-state index in [1.54, 1.807) is 6.07 Å². The minimum absolute atomic E-state index is 0.157. The van der Waals surface area contributed by atoms with Crippen LogP contribution in [0.3, 0.4) is 0 Å². The van der Waals surface area contributed by atoms with Gasteiger partial charge in [0.25, 0.3) is 0 Å². The summed E-state index contributed by atoms with van der Waals surface area (Å²) in [6.45, 7) is 1.86. The third-order valence-electron chi connectivity index (χ3n) is 2.78. The van der Waals surface area contributed by atoms with E-state index in [-0.39, 0.29) is 5.78 Å². The number of ketones is 1. The van der Waals surface area contributed by atoms with Crippen molar-refractivity contribution in [1.29, 1.82) is 0 Å². The van der Waals surface area contributed by atoms with Crippen LogP contribution in [0.2, 0.25) is 0 Å². The smallest absolute Gasteiger partial charge is 0.162 e. The molecule has 16 heavy (non-hydrogen) atoms. The van der Waals surface area contributed by atoms with Crippen molar-refractivity contribution in [3.05, 3.63) is 29.3 Å². The van der Waals surface area contributed by atoms with E-state index in [4.69, 9.17) is 5.21 Å². The Morgan fingerprint density at radius 2 is 2.31 bits per heavy atom. The molecule has 0 atom stereocenters. The number of nitrogens with one attached hydrogen (secondary N) is 1. The van der Waals surface area contributed by atoms with Gasteiger partial charge in [-0.2, -0.15) is 0 Å². The van der Waals surface area contributed by atoms with Crippen LogP contribution in [-0.2, 0) is 6.42 Å². The van der Waals surface area contributed by atoms with Gasteiger partial charge in [-0.25, -0.2) is 0 Å². The van der Waals surface area contributed by atoms with E-state index in [2.05, 4.69) is 10.5 Å². The number of rotatable bonds is 2. The van der Waals surface area contributed by atoms with Gasteiger partial charge in [-0.1, -0.05) is 12.1 Å². The molecule has 0 aliphatic carbocycles. The number of oxime groups is 1. The molecule has 1 aromatic rings. The van der Waals surface area contributed by atoms with E-state index in [1.807, 2.05) is 19.1 Å². The molecule has 1 heterocycles. The molecule has 0 radical (unpaired) electrons. The number of carbonyl (C=O) groups excluding carboxylic acids is 1. The van der Waals surface area contributed by atoms with Gasteiger partial charge in [0.1, 0.15) is 5.84 Å². The van der Waals surface area contributed by atoms with Crippen LogP contribution < -0.4 is 5.32 Å². The van der Waals surface area contributed by atoms with Gasteiger partial charge < -0.3 is 10.5 Å². The maximum atomic E-state index is 11.5. The zero-order valence-corrected chi connectivity index (χ0v) is 9.16. The van der Waals surface area contributed by atoms with Gasteiger partial charge >= 0.3 is 0 Å². The number of hydrogen-bond donors (Lipinski definition) is 2. The first-order valence-electron chi connectivity index (χ1n) is 5.38. The van der Waals surface area contributed by atoms with Crippen LogP contribution in [0.5, 0.6) is 0 Å². The summed E-state index contributed by atoms with van der Waals surface area (Å²) in [6.07, 6.45) is 2.00. The zero-order valence-electron chi connectivity index (χ0n) is 9.16. The van der Waals surface area contributed by atoms with Gasteiger partial charge in [0.15, 0.2) is 5.78 Å². The summed E-state index contributed by atoms with van der Waals surface area (Å²) in [7, 11) is 0. The average Bonchev–Trinajstić information content (AvgIpc) is 2.36. The molecule has 0 saturated carbocycles. The highest BCUT2D eigenvalue weighted by Gasteiger charge is 2.15. The van der Waals surface area contributed by atoms with E-state index in [0.29, 0.717) is 18.7 Å². The molecular formula is C12H14N2O2. The van der Waals surface area contributed by atoms with Crippen molar-refractivity contribution in [1.82, 2.24) is 0 Å². The molecule has 4 nitrogen and oxygen atoms in total. The highest BCUT2D eigenvalue weighted by Crippen LogP contribution is 2.24. The first-order chi connectivity index (χ1) is 7.74. The van der Waals surface area contributed by atoms with Crippen LogP contribution >= 0.6 is 0 Å². The average molecular weight is 218 g/mol. The number of Topliss-reactive ketones (excluding diaryl/α,β-unsaturated/α-hetero) is 1. The highest BCUT2D eigenvalue weighted by molar-refractivity contribution is 6.00. The lowest BCUT2D eigenvalue weighted by Crippen LogP contribution is -2.19.